The van der Waals surface area contributed by atoms with E-state index in [9.17, 15) is 9.59 Å². The van der Waals surface area contributed by atoms with Crippen LogP contribution in [0, 0.1) is 11.3 Å². The monoisotopic (exact) mass is 458 g/mol. The smallest absolute Gasteiger partial charge is 0.238 e. The first-order chi connectivity index (χ1) is 13.7. The zero-order chi connectivity index (χ0) is 19.4. The molecule has 9 heteroatoms. The molecule has 2 amide bonds. The molecular formula is C21H32Cl2N4O3. The van der Waals surface area contributed by atoms with Gasteiger partial charge in [0.2, 0.25) is 11.8 Å². The van der Waals surface area contributed by atoms with Crippen LogP contribution in [0.1, 0.15) is 25.7 Å². The zero-order valence-corrected chi connectivity index (χ0v) is 18.8. The number of hydrogen-bond donors (Lipinski definition) is 3. The molecule has 30 heavy (non-hydrogen) atoms. The summed E-state index contributed by atoms with van der Waals surface area (Å²) in [5.74, 6) is 0.547. The van der Waals surface area contributed by atoms with E-state index >= 15 is 0 Å². The van der Waals surface area contributed by atoms with Gasteiger partial charge in [0.25, 0.3) is 0 Å². The predicted octanol–water partition coefficient (Wildman–Crippen LogP) is 2.52. The molecule has 0 spiro atoms. The van der Waals surface area contributed by atoms with Crippen molar-refractivity contribution in [2.24, 2.45) is 11.3 Å². The van der Waals surface area contributed by atoms with E-state index in [0.717, 1.165) is 56.8 Å². The Morgan fingerprint density at radius 2 is 1.73 bits per heavy atom. The van der Waals surface area contributed by atoms with Crippen LogP contribution in [0.2, 0.25) is 0 Å². The summed E-state index contributed by atoms with van der Waals surface area (Å²) in [5, 5.41) is 9.45. The summed E-state index contributed by atoms with van der Waals surface area (Å²) < 4.78 is 5.30. The SMILES string of the molecule is Cl.Cl.O=C(CN1CCOCC1)Nc1ccc(NC(=O)[C@@]23CCCC[C@H]2CNC3)cc1. The van der Waals surface area contributed by atoms with E-state index in [0.29, 0.717) is 25.7 Å². The van der Waals surface area contributed by atoms with Crippen molar-refractivity contribution in [3.05, 3.63) is 24.3 Å². The molecule has 168 valence electrons. The van der Waals surface area contributed by atoms with E-state index in [1.165, 1.54) is 6.42 Å². The number of amides is 2. The molecule has 4 rings (SSSR count). The van der Waals surface area contributed by atoms with Gasteiger partial charge in [-0.1, -0.05) is 12.8 Å². The standard InChI is InChI=1S/C21H30N4O3.2ClH/c26-19(14-25-9-11-28-12-10-25)23-17-4-6-18(7-5-17)24-20(27)21-8-2-1-3-16(21)13-22-15-21;;/h4-7,16,22H,1-3,8-15H2,(H,23,26)(H,24,27);2*1H/t16-,21+;;/m0../s1. The molecule has 1 aliphatic carbocycles. The van der Waals surface area contributed by atoms with E-state index in [2.05, 4.69) is 20.9 Å². The minimum atomic E-state index is -0.261. The number of carbonyl (C=O) groups is 2. The van der Waals surface area contributed by atoms with Gasteiger partial charge in [-0.25, -0.2) is 0 Å². The minimum Gasteiger partial charge on any atom is -0.379 e. The Balaban J connectivity index is 0.00000160. The minimum absolute atomic E-state index is 0. The summed E-state index contributed by atoms with van der Waals surface area (Å²) in [6.07, 6.45) is 4.45. The van der Waals surface area contributed by atoms with E-state index in [4.69, 9.17) is 4.74 Å². The number of halogens is 2. The van der Waals surface area contributed by atoms with E-state index in [1.54, 1.807) is 0 Å². The normalized spacial score (nSPS) is 25.9. The summed E-state index contributed by atoms with van der Waals surface area (Å²) in [6, 6.07) is 7.41. The maximum atomic E-state index is 13.0. The first-order valence-corrected chi connectivity index (χ1v) is 10.4. The van der Waals surface area contributed by atoms with Gasteiger partial charge in [-0.15, -0.1) is 24.8 Å². The van der Waals surface area contributed by atoms with Gasteiger partial charge in [-0.05, 0) is 49.6 Å². The molecule has 2 aliphatic heterocycles. The second-order valence-corrected chi connectivity index (χ2v) is 8.20. The number of fused-ring (bicyclic) bond motifs is 1. The molecule has 0 aromatic heterocycles. The molecule has 0 radical (unpaired) electrons. The van der Waals surface area contributed by atoms with Gasteiger partial charge in [0, 0.05) is 31.0 Å². The number of benzene rings is 1. The highest BCUT2D eigenvalue weighted by atomic mass is 35.5. The number of nitrogens with one attached hydrogen (secondary N) is 3. The van der Waals surface area contributed by atoms with Crippen molar-refractivity contribution < 1.29 is 14.3 Å². The van der Waals surface area contributed by atoms with Gasteiger partial charge < -0.3 is 20.7 Å². The number of ether oxygens (including phenoxy) is 1. The second kappa shape index (κ2) is 11.3. The molecule has 1 saturated carbocycles. The first-order valence-electron chi connectivity index (χ1n) is 10.4. The number of nitrogens with zero attached hydrogens (tertiary/aromatic N) is 1. The fraction of sp³-hybridized carbons (Fsp3) is 0.619. The summed E-state index contributed by atoms with van der Waals surface area (Å²) in [7, 11) is 0. The van der Waals surface area contributed by atoms with Crippen LogP contribution in [0.3, 0.4) is 0 Å². The fourth-order valence-corrected chi connectivity index (χ4v) is 4.75. The molecule has 1 aromatic rings. The van der Waals surface area contributed by atoms with Crippen LogP contribution in [0.25, 0.3) is 0 Å². The molecule has 2 atom stereocenters. The lowest BCUT2D eigenvalue weighted by Crippen LogP contribution is -2.44. The van der Waals surface area contributed by atoms with Crippen LogP contribution in [-0.2, 0) is 14.3 Å². The maximum Gasteiger partial charge on any atom is 0.238 e. The van der Waals surface area contributed by atoms with Crippen molar-refractivity contribution >= 4 is 48.0 Å². The lowest BCUT2D eigenvalue weighted by Gasteiger charge is -2.37. The van der Waals surface area contributed by atoms with Crippen molar-refractivity contribution in [1.82, 2.24) is 10.2 Å². The van der Waals surface area contributed by atoms with Gasteiger partial charge in [0.15, 0.2) is 0 Å². The highest BCUT2D eigenvalue weighted by Crippen LogP contribution is 2.44. The zero-order valence-electron chi connectivity index (χ0n) is 17.2. The Bertz CT molecular complexity index is 713. The van der Waals surface area contributed by atoms with Gasteiger partial charge >= 0.3 is 0 Å². The van der Waals surface area contributed by atoms with Crippen LogP contribution >= 0.6 is 24.8 Å². The summed E-state index contributed by atoms with van der Waals surface area (Å²) >= 11 is 0. The number of rotatable bonds is 5. The average molecular weight is 459 g/mol. The van der Waals surface area contributed by atoms with Crippen LogP contribution in [0.5, 0.6) is 0 Å². The molecular weight excluding hydrogens is 427 g/mol. The van der Waals surface area contributed by atoms with Crippen LogP contribution in [0.4, 0.5) is 11.4 Å². The summed E-state index contributed by atoms with van der Waals surface area (Å²) in [6.45, 7) is 5.03. The van der Waals surface area contributed by atoms with Crippen LogP contribution in [0.15, 0.2) is 24.3 Å². The predicted molar refractivity (Wildman–Crippen MR) is 123 cm³/mol. The molecule has 7 nitrogen and oxygen atoms in total. The van der Waals surface area contributed by atoms with E-state index in [-0.39, 0.29) is 42.0 Å². The van der Waals surface area contributed by atoms with Gasteiger partial charge in [-0.2, -0.15) is 0 Å². The van der Waals surface area contributed by atoms with Gasteiger partial charge in [-0.3, -0.25) is 14.5 Å². The lowest BCUT2D eigenvalue weighted by molar-refractivity contribution is -0.128. The molecule has 2 saturated heterocycles. The van der Waals surface area contributed by atoms with Crippen molar-refractivity contribution in [3.63, 3.8) is 0 Å². The number of anilines is 2. The topological polar surface area (TPSA) is 82.7 Å². The average Bonchev–Trinajstić information content (AvgIpc) is 3.16. The van der Waals surface area contributed by atoms with Gasteiger partial charge in [0.05, 0.1) is 25.2 Å². The highest BCUT2D eigenvalue weighted by Gasteiger charge is 2.49. The maximum absolute atomic E-state index is 13.0. The van der Waals surface area contributed by atoms with Crippen molar-refractivity contribution in [3.8, 4) is 0 Å². The van der Waals surface area contributed by atoms with Gasteiger partial charge in [0.1, 0.15) is 0 Å². The molecule has 3 N–H and O–H groups in total. The Morgan fingerprint density at radius 1 is 1.07 bits per heavy atom. The first kappa shape index (κ1) is 24.9. The van der Waals surface area contributed by atoms with Crippen molar-refractivity contribution in [1.29, 1.82) is 0 Å². The third-order valence-electron chi connectivity index (χ3n) is 6.39. The Morgan fingerprint density at radius 3 is 2.43 bits per heavy atom. The van der Waals surface area contributed by atoms with E-state index in [1.807, 2.05) is 24.3 Å². The Kier molecular flexibility index (Phi) is 9.37. The third kappa shape index (κ3) is 5.65. The summed E-state index contributed by atoms with van der Waals surface area (Å²) in [5.41, 5.74) is 1.26. The fourth-order valence-electron chi connectivity index (χ4n) is 4.75. The Labute approximate surface area is 190 Å². The molecule has 0 bridgehead atoms. The third-order valence-corrected chi connectivity index (χ3v) is 6.39. The van der Waals surface area contributed by atoms with Crippen molar-refractivity contribution in [2.45, 2.75) is 25.7 Å². The lowest BCUT2D eigenvalue weighted by atomic mass is 9.67. The van der Waals surface area contributed by atoms with Crippen LogP contribution < -0.4 is 16.0 Å². The number of carbonyl (C=O) groups excluding carboxylic acids is 2. The Hall–Kier alpha value is -1.38. The quantitative estimate of drug-likeness (QED) is 0.631. The molecule has 0 unspecified atom stereocenters. The summed E-state index contributed by atoms with van der Waals surface area (Å²) in [4.78, 5) is 27.3. The van der Waals surface area contributed by atoms with Crippen molar-refractivity contribution in [2.75, 3.05) is 56.6 Å². The highest BCUT2D eigenvalue weighted by molar-refractivity contribution is 5.97. The molecule has 2 heterocycles. The molecule has 3 aliphatic rings. The largest absolute Gasteiger partial charge is 0.379 e. The van der Waals surface area contributed by atoms with E-state index < -0.39 is 0 Å². The number of morpholine rings is 1. The molecule has 3 fully saturated rings. The number of hydrogen-bond acceptors (Lipinski definition) is 5. The second-order valence-electron chi connectivity index (χ2n) is 8.20. The van der Waals surface area contributed by atoms with Crippen LogP contribution in [-0.4, -0.2) is 62.7 Å². The molecule has 1 aromatic carbocycles.